The van der Waals surface area contributed by atoms with Crippen molar-refractivity contribution < 1.29 is 0 Å². The molecule has 0 aliphatic carbocycles. The smallest absolute Gasteiger partial charge is 0.223 e. The number of nitrogens with zero attached hydrogens (tertiary/aromatic N) is 2. The maximum atomic E-state index is 5.61. The van der Waals surface area contributed by atoms with Crippen LogP contribution in [0.3, 0.4) is 0 Å². The van der Waals surface area contributed by atoms with Gasteiger partial charge >= 0.3 is 0 Å². The largest absolute Gasteiger partial charge is 0.383 e. The van der Waals surface area contributed by atoms with Crippen molar-refractivity contribution in [3.63, 3.8) is 0 Å². The maximum Gasteiger partial charge on any atom is 0.223 e. The molecule has 1 heterocycles. The summed E-state index contributed by atoms with van der Waals surface area (Å²) in [6.07, 6.45) is 1.01. The van der Waals surface area contributed by atoms with Crippen molar-refractivity contribution in [3.05, 3.63) is 6.07 Å². The molecule has 5 nitrogen and oxygen atoms in total. The Hall–Kier alpha value is -1.52. The van der Waals surface area contributed by atoms with Crippen molar-refractivity contribution in [1.82, 2.24) is 9.97 Å². The van der Waals surface area contributed by atoms with Crippen LogP contribution in [0.1, 0.15) is 34.1 Å². The van der Waals surface area contributed by atoms with Crippen molar-refractivity contribution in [3.8, 4) is 0 Å². The fourth-order valence-corrected chi connectivity index (χ4v) is 1.67. The van der Waals surface area contributed by atoms with Crippen LogP contribution in [0.5, 0.6) is 0 Å². The molecule has 0 aliphatic rings. The van der Waals surface area contributed by atoms with Crippen LogP contribution in [0.2, 0.25) is 0 Å². The summed E-state index contributed by atoms with van der Waals surface area (Å²) in [5.74, 6) is 1.27. The van der Waals surface area contributed by atoms with E-state index in [4.69, 9.17) is 11.5 Å². The minimum absolute atomic E-state index is 0.156. The third-order valence-electron chi connectivity index (χ3n) is 2.54. The van der Waals surface area contributed by atoms with Crippen molar-refractivity contribution in [2.75, 3.05) is 16.8 Å². The van der Waals surface area contributed by atoms with Crippen molar-refractivity contribution in [1.29, 1.82) is 0 Å². The number of nitrogen functional groups attached to an aromatic ring is 2. The van der Waals surface area contributed by atoms with Crippen LogP contribution >= 0.6 is 0 Å². The van der Waals surface area contributed by atoms with Gasteiger partial charge in [0, 0.05) is 12.1 Å². The predicted molar refractivity (Wildman–Crippen MR) is 68.0 cm³/mol. The van der Waals surface area contributed by atoms with Crippen molar-refractivity contribution in [2.45, 2.75) is 40.2 Å². The second-order valence-electron chi connectivity index (χ2n) is 5.01. The molecule has 0 amide bonds. The first-order chi connectivity index (χ1) is 7.32. The molecule has 1 aromatic heterocycles. The average Bonchev–Trinajstić information content (AvgIpc) is 2.10. The first kappa shape index (κ1) is 12.5. The molecule has 1 rings (SSSR count). The second-order valence-corrected chi connectivity index (χ2v) is 5.01. The lowest BCUT2D eigenvalue weighted by atomic mass is 9.85. The summed E-state index contributed by atoms with van der Waals surface area (Å²) in [5, 5.41) is 3.34. The standard InChI is InChI=1S/C11H21N5/c1-5-7(11(2,3)4)14-9-6-8(12)15-10(13)16-9/h6-7H,5H2,1-4H3,(H5,12,13,14,15,16)/t7-/m0/s1. The molecule has 5 N–H and O–H groups in total. The number of rotatable bonds is 3. The summed E-state index contributed by atoms with van der Waals surface area (Å²) in [4.78, 5) is 7.94. The highest BCUT2D eigenvalue weighted by molar-refractivity contribution is 5.49. The van der Waals surface area contributed by atoms with Gasteiger partial charge in [0.05, 0.1) is 0 Å². The first-order valence-electron chi connectivity index (χ1n) is 5.49. The van der Waals surface area contributed by atoms with E-state index in [1.165, 1.54) is 0 Å². The molecule has 0 bridgehead atoms. The fourth-order valence-electron chi connectivity index (χ4n) is 1.67. The number of aromatic nitrogens is 2. The van der Waals surface area contributed by atoms with E-state index < -0.39 is 0 Å². The van der Waals surface area contributed by atoms with Gasteiger partial charge in [0.25, 0.3) is 0 Å². The molecule has 90 valence electrons. The van der Waals surface area contributed by atoms with Crippen LogP contribution in [-0.2, 0) is 0 Å². The van der Waals surface area contributed by atoms with Crippen molar-refractivity contribution in [2.24, 2.45) is 5.41 Å². The molecule has 5 heteroatoms. The van der Waals surface area contributed by atoms with E-state index in [0.29, 0.717) is 17.7 Å². The van der Waals surface area contributed by atoms with Crippen LogP contribution in [0, 0.1) is 5.41 Å². The van der Waals surface area contributed by atoms with Crippen molar-refractivity contribution >= 4 is 17.6 Å². The van der Waals surface area contributed by atoms with E-state index in [-0.39, 0.29) is 11.4 Å². The van der Waals surface area contributed by atoms with Gasteiger partial charge < -0.3 is 16.8 Å². The Balaban J connectivity index is 2.86. The molecule has 0 spiro atoms. The summed E-state index contributed by atoms with van der Waals surface area (Å²) < 4.78 is 0. The van der Waals surface area contributed by atoms with E-state index in [0.717, 1.165) is 6.42 Å². The minimum atomic E-state index is 0.156. The van der Waals surface area contributed by atoms with E-state index in [9.17, 15) is 0 Å². The maximum absolute atomic E-state index is 5.61. The quantitative estimate of drug-likeness (QED) is 0.728. The predicted octanol–water partition coefficient (Wildman–Crippen LogP) is 1.88. The number of anilines is 3. The topological polar surface area (TPSA) is 89.8 Å². The Kier molecular flexibility index (Phi) is 3.57. The molecule has 0 fully saturated rings. The number of nitrogens with one attached hydrogen (secondary N) is 1. The number of nitrogens with two attached hydrogens (primary N) is 2. The van der Waals surface area contributed by atoms with Gasteiger partial charge in [-0.05, 0) is 11.8 Å². The molecular formula is C11H21N5. The molecule has 16 heavy (non-hydrogen) atoms. The van der Waals surface area contributed by atoms with Crippen LogP contribution in [0.15, 0.2) is 6.07 Å². The summed E-state index contributed by atoms with van der Waals surface area (Å²) in [7, 11) is 0. The molecule has 0 saturated carbocycles. The van der Waals surface area contributed by atoms with Gasteiger partial charge in [-0.2, -0.15) is 9.97 Å². The summed E-state index contributed by atoms with van der Waals surface area (Å²) >= 11 is 0. The molecule has 0 saturated heterocycles. The SMILES string of the molecule is CC[C@H](Nc1cc(N)nc(N)n1)C(C)(C)C. The van der Waals surface area contributed by atoms with E-state index in [2.05, 4.69) is 43.0 Å². The highest BCUT2D eigenvalue weighted by Crippen LogP contribution is 2.25. The van der Waals surface area contributed by atoms with Crippen LogP contribution in [0.4, 0.5) is 17.6 Å². The van der Waals surface area contributed by atoms with E-state index in [1.54, 1.807) is 6.07 Å². The van der Waals surface area contributed by atoms with Gasteiger partial charge in [0.2, 0.25) is 5.95 Å². The molecule has 0 unspecified atom stereocenters. The summed E-state index contributed by atoms with van der Waals surface area (Å²) in [6.45, 7) is 8.68. The first-order valence-corrected chi connectivity index (χ1v) is 5.49. The third-order valence-corrected chi connectivity index (χ3v) is 2.54. The molecule has 0 radical (unpaired) electrons. The van der Waals surface area contributed by atoms with Gasteiger partial charge in [-0.1, -0.05) is 27.7 Å². The fraction of sp³-hybridized carbons (Fsp3) is 0.636. The zero-order chi connectivity index (χ0) is 12.3. The number of hydrogen-bond donors (Lipinski definition) is 3. The Morgan fingerprint density at radius 2 is 1.94 bits per heavy atom. The van der Waals surface area contributed by atoms with Gasteiger partial charge in [-0.15, -0.1) is 0 Å². The third kappa shape index (κ3) is 3.25. The molecule has 1 aromatic rings. The van der Waals surface area contributed by atoms with Crippen LogP contribution in [-0.4, -0.2) is 16.0 Å². The highest BCUT2D eigenvalue weighted by atomic mass is 15.1. The van der Waals surface area contributed by atoms with Crippen LogP contribution < -0.4 is 16.8 Å². The lowest BCUT2D eigenvalue weighted by Crippen LogP contribution is -2.33. The Bertz CT molecular complexity index is 336. The monoisotopic (exact) mass is 223 g/mol. The lowest BCUT2D eigenvalue weighted by molar-refractivity contribution is 0.333. The normalized spacial score (nSPS) is 13.5. The van der Waals surface area contributed by atoms with E-state index >= 15 is 0 Å². The zero-order valence-electron chi connectivity index (χ0n) is 10.4. The molecule has 1 atom stereocenters. The van der Waals surface area contributed by atoms with Gasteiger partial charge in [-0.25, -0.2) is 0 Å². The Morgan fingerprint density at radius 3 is 2.38 bits per heavy atom. The highest BCUT2D eigenvalue weighted by Gasteiger charge is 2.23. The summed E-state index contributed by atoms with van der Waals surface area (Å²) in [5.41, 5.74) is 11.3. The van der Waals surface area contributed by atoms with Gasteiger partial charge in [0.1, 0.15) is 11.6 Å². The molecular weight excluding hydrogens is 202 g/mol. The Labute approximate surface area is 96.7 Å². The Morgan fingerprint density at radius 1 is 1.31 bits per heavy atom. The van der Waals surface area contributed by atoms with Gasteiger partial charge in [-0.3, -0.25) is 0 Å². The minimum Gasteiger partial charge on any atom is -0.383 e. The molecule has 0 aliphatic heterocycles. The summed E-state index contributed by atoms with van der Waals surface area (Å²) in [6, 6.07) is 2.02. The van der Waals surface area contributed by atoms with E-state index in [1.807, 2.05) is 0 Å². The second kappa shape index (κ2) is 4.55. The zero-order valence-corrected chi connectivity index (χ0v) is 10.4. The average molecular weight is 223 g/mol. The van der Waals surface area contributed by atoms with Gasteiger partial charge in [0.15, 0.2) is 0 Å². The van der Waals surface area contributed by atoms with Crippen LogP contribution in [0.25, 0.3) is 0 Å². The number of hydrogen-bond acceptors (Lipinski definition) is 5. The molecule has 0 aromatic carbocycles. The lowest BCUT2D eigenvalue weighted by Gasteiger charge is -2.31.